The van der Waals surface area contributed by atoms with Crippen LogP contribution >= 0.6 is 0 Å². The molecule has 0 saturated heterocycles. The highest BCUT2D eigenvalue weighted by Gasteiger charge is 2.05. The van der Waals surface area contributed by atoms with Crippen molar-refractivity contribution in [3.05, 3.63) is 47.7 Å². The Kier molecular flexibility index (Phi) is 4.61. The minimum absolute atomic E-state index is 0.291. The van der Waals surface area contributed by atoms with Gasteiger partial charge in [0.25, 0.3) is 0 Å². The molecule has 1 aromatic rings. The summed E-state index contributed by atoms with van der Waals surface area (Å²) in [5.74, 6) is 0.381. The van der Waals surface area contributed by atoms with Gasteiger partial charge in [0, 0.05) is 0 Å². The van der Waals surface area contributed by atoms with Crippen LogP contribution in [0.1, 0.15) is 37.0 Å². The van der Waals surface area contributed by atoms with Crippen LogP contribution in [0.2, 0.25) is 0 Å². The minimum Gasteiger partial charge on any atom is -0.428 e. The van der Waals surface area contributed by atoms with Gasteiger partial charge in [0.1, 0.15) is 5.76 Å². The highest BCUT2D eigenvalue weighted by atomic mass is 16.5. The van der Waals surface area contributed by atoms with Crippen LogP contribution in [0.25, 0.3) is 0 Å². The molecule has 80 valence electrons. The number of benzene rings is 1. The second-order valence-corrected chi connectivity index (χ2v) is 3.36. The summed E-state index contributed by atoms with van der Waals surface area (Å²) in [6.45, 7) is 3.89. The zero-order valence-corrected chi connectivity index (χ0v) is 9.19. The lowest BCUT2D eigenvalue weighted by Crippen LogP contribution is -2.03. The molecule has 0 aromatic heterocycles. The van der Waals surface area contributed by atoms with Crippen LogP contribution in [0.3, 0.4) is 0 Å². The van der Waals surface area contributed by atoms with Gasteiger partial charge in [0.05, 0.1) is 5.56 Å². The molecule has 0 aliphatic heterocycles. The summed E-state index contributed by atoms with van der Waals surface area (Å²) < 4.78 is 5.16. The Labute approximate surface area is 90.6 Å². The monoisotopic (exact) mass is 204 g/mol. The first kappa shape index (κ1) is 11.5. The van der Waals surface area contributed by atoms with E-state index in [1.54, 1.807) is 19.1 Å². The van der Waals surface area contributed by atoms with Crippen LogP contribution in [0, 0.1) is 0 Å². The maximum Gasteiger partial charge on any atom is 0.343 e. The van der Waals surface area contributed by atoms with Crippen LogP contribution in [0.5, 0.6) is 0 Å². The third-order valence-corrected chi connectivity index (χ3v) is 1.98. The average molecular weight is 204 g/mol. The zero-order valence-electron chi connectivity index (χ0n) is 9.19. The summed E-state index contributed by atoms with van der Waals surface area (Å²) >= 11 is 0. The van der Waals surface area contributed by atoms with Gasteiger partial charge in [0.2, 0.25) is 0 Å². The lowest BCUT2D eigenvalue weighted by Gasteiger charge is -2.03. The molecule has 0 saturated carbocycles. The molecule has 2 nitrogen and oxygen atoms in total. The van der Waals surface area contributed by atoms with Crippen molar-refractivity contribution in [2.45, 2.75) is 26.7 Å². The van der Waals surface area contributed by atoms with E-state index >= 15 is 0 Å². The number of rotatable bonds is 4. The Balaban J connectivity index is 2.57. The number of allylic oxidation sites excluding steroid dienone is 2. The quantitative estimate of drug-likeness (QED) is 0.553. The van der Waals surface area contributed by atoms with Gasteiger partial charge in [-0.05, 0) is 31.6 Å². The van der Waals surface area contributed by atoms with Gasteiger partial charge in [-0.2, -0.15) is 0 Å². The first-order chi connectivity index (χ1) is 7.24. The van der Waals surface area contributed by atoms with Gasteiger partial charge in [-0.15, -0.1) is 0 Å². The van der Waals surface area contributed by atoms with Gasteiger partial charge in [-0.1, -0.05) is 31.5 Å². The fourth-order valence-corrected chi connectivity index (χ4v) is 1.17. The SMILES string of the molecule is CCC/C=C(\C)OC(=O)c1ccccc1. The van der Waals surface area contributed by atoms with Crippen LogP contribution in [0.15, 0.2) is 42.2 Å². The highest BCUT2D eigenvalue weighted by Crippen LogP contribution is 2.06. The molecule has 0 aliphatic rings. The third kappa shape index (κ3) is 3.98. The van der Waals surface area contributed by atoms with Gasteiger partial charge < -0.3 is 4.74 Å². The Hall–Kier alpha value is -1.57. The molecular formula is C13H16O2. The molecule has 0 atom stereocenters. The van der Waals surface area contributed by atoms with E-state index in [2.05, 4.69) is 6.92 Å². The maximum absolute atomic E-state index is 11.6. The molecule has 0 N–H and O–H groups in total. The molecule has 15 heavy (non-hydrogen) atoms. The number of unbranched alkanes of at least 4 members (excludes halogenated alkanes) is 1. The fourth-order valence-electron chi connectivity index (χ4n) is 1.17. The largest absolute Gasteiger partial charge is 0.428 e. The molecule has 1 rings (SSSR count). The van der Waals surface area contributed by atoms with E-state index in [1.807, 2.05) is 24.3 Å². The van der Waals surface area contributed by atoms with E-state index in [1.165, 1.54) is 0 Å². The fraction of sp³-hybridized carbons (Fsp3) is 0.308. The van der Waals surface area contributed by atoms with Crippen molar-refractivity contribution in [2.24, 2.45) is 0 Å². The summed E-state index contributed by atoms with van der Waals surface area (Å²) in [7, 11) is 0. The number of esters is 1. The van der Waals surface area contributed by atoms with Gasteiger partial charge in [0.15, 0.2) is 0 Å². The molecule has 1 aromatic carbocycles. The van der Waals surface area contributed by atoms with Crippen LogP contribution in [-0.4, -0.2) is 5.97 Å². The Morgan fingerprint density at radius 2 is 2.00 bits per heavy atom. The van der Waals surface area contributed by atoms with Crippen molar-refractivity contribution in [2.75, 3.05) is 0 Å². The lowest BCUT2D eigenvalue weighted by molar-refractivity contribution is 0.0625. The first-order valence-electron chi connectivity index (χ1n) is 5.18. The maximum atomic E-state index is 11.6. The molecular weight excluding hydrogens is 188 g/mol. The molecule has 0 amide bonds. The smallest absolute Gasteiger partial charge is 0.343 e. The van der Waals surface area contributed by atoms with E-state index in [0.29, 0.717) is 11.3 Å². The number of hydrogen-bond acceptors (Lipinski definition) is 2. The van der Waals surface area contributed by atoms with E-state index in [4.69, 9.17) is 4.74 Å². The van der Waals surface area contributed by atoms with Crippen LogP contribution in [0.4, 0.5) is 0 Å². The summed E-state index contributed by atoms with van der Waals surface area (Å²) in [6, 6.07) is 9.00. The molecule has 0 bridgehead atoms. The zero-order chi connectivity index (χ0) is 11.1. The van der Waals surface area contributed by atoms with Crippen molar-refractivity contribution >= 4 is 5.97 Å². The number of hydrogen-bond donors (Lipinski definition) is 0. The summed E-state index contributed by atoms with van der Waals surface area (Å²) in [5.41, 5.74) is 0.585. The van der Waals surface area contributed by atoms with Crippen molar-refractivity contribution in [1.29, 1.82) is 0 Å². The number of carbonyl (C=O) groups is 1. The van der Waals surface area contributed by atoms with E-state index < -0.39 is 0 Å². The predicted octanol–water partition coefficient (Wildman–Crippen LogP) is 3.55. The Morgan fingerprint density at radius 3 is 2.60 bits per heavy atom. The van der Waals surface area contributed by atoms with Crippen LogP contribution in [-0.2, 0) is 4.74 Å². The molecule has 0 spiro atoms. The van der Waals surface area contributed by atoms with E-state index in [0.717, 1.165) is 12.8 Å². The second kappa shape index (κ2) is 6.02. The Bertz CT molecular complexity index is 339. The standard InChI is InChI=1S/C13H16O2/c1-3-4-8-11(2)15-13(14)12-9-6-5-7-10-12/h5-10H,3-4H2,1-2H3/b11-8+. The first-order valence-corrected chi connectivity index (χ1v) is 5.18. The number of carbonyl (C=O) groups excluding carboxylic acids is 1. The van der Waals surface area contributed by atoms with Crippen molar-refractivity contribution in [3.8, 4) is 0 Å². The minimum atomic E-state index is -0.291. The second-order valence-electron chi connectivity index (χ2n) is 3.36. The van der Waals surface area contributed by atoms with E-state index in [9.17, 15) is 4.79 Å². The summed E-state index contributed by atoms with van der Waals surface area (Å²) in [5, 5.41) is 0. The van der Waals surface area contributed by atoms with Crippen molar-refractivity contribution < 1.29 is 9.53 Å². The van der Waals surface area contributed by atoms with Gasteiger partial charge >= 0.3 is 5.97 Å². The van der Waals surface area contributed by atoms with Crippen molar-refractivity contribution in [3.63, 3.8) is 0 Å². The van der Waals surface area contributed by atoms with Gasteiger partial charge in [-0.3, -0.25) is 0 Å². The molecule has 2 heteroatoms. The summed E-state index contributed by atoms with van der Waals surface area (Å²) in [4.78, 5) is 11.6. The average Bonchev–Trinajstić information content (AvgIpc) is 2.27. The Morgan fingerprint density at radius 1 is 1.33 bits per heavy atom. The predicted molar refractivity (Wildman–Crippen MR) is 60.5 cm³/mol. The topological polar surface area (TPSA) is 26.3 Å². The molecule has 0 fully saturated rings. The molecule has 0 unspecified atom stereocenters. The van der Waals surface area contributed by atoms with Gasteiger partial charge in [-0.25, -0.2) is 4.79 Å². The highest BCUT2D eigenvalue weighted by molar-refractivity contribution is 5.89. The number of ether oxygens (including phenoxy) is 1. The van der Waals surface area contributed by atoms with Crippen molar-refractivity contribution in [1.82, 2.24) is 0 Å². The molecule has 0 aliphatic carbocycles. The third-order valence-electron chi connectivity index (χ3n) is 1.98. The van der Waals surface area contributed by atoms with Crippen LogP contribution < -0.4 is 0 Å². The lowest BCUT2D eigenvalue weighted by atomic mass is 10.2. The molecule has 0 heterocycles. The summed E-state index contributed by atoms with van der Waals surface area (Å²) in [6.07, 6.45) is 3.93. The van der Waals surface area contributed by atoms with E-state index in [-0.39, 0.29) is 5.97 Å². The molecule has 0 radical (unpaired) electrons. The normalized spacial score (nSPS) is 11.2.